The van der Waals surface area contributed by atoms with Crippen molar-refractivity contribution in [2.24, 2.45) is 5.73 Å². The molecule has 0 spiro atoms. The lowest BCUT2D eigenvalue weighted by molar-refractivity contribution is -0.137. The van der Waals surface area contributed by atoms with Crippen molar-refractivity contribution in [2.75, 3.05) is 0 Å². The van der Waals surface area contributed by atoms with Gasteiger partial charge in [-0.2, -0.15) is 0 Å². The Hall–Kier alpha value is -1.68. The zero-order valence-corrected chi connectivity index (χ0v) is 8.43. The molecule has 0 aliphatic rings. The summed E-state index contributed by atoms with van der Waals surface area (Å²) in [7, 11) is 0. The molecule has 1 aromatic carbocycles. The molecule has 80 valence electrons. The number of carboxylic acids is 1. The zero-order chi connectivity index (χ0) is 11.4. The third-order valence-corrected chi connectivity index (χ3v) is 2.16. The first kappa shape index (κ1) is 11.4. The highest BCUT2D eigenvalue weighted by atomic mass is 16.4. The van der Waals surface area contributed by atoms with Crippen LogP contribution in [0.25, 0.3) is 0 Å². The van der Waals surface area contributed by atoms with Crippen LogP contribution in [0.1, 0.15) is 33.9 Å². The fraction of sp³-hybridized carbons (Fsp3) is 0.273. The van der Waals surface area contributed by atoms with Crippen LogP contribution in [0.15, 0.2) is 18.2 Å². The molecule has 0 aromatic heterocycles. The molecule has 4 heteroatoms. The molecule has 1 atom stereocenters. The molecule has 0 amide bonds. The quantitative estimate of drug-likeness (QED) is 0.729. The van der Waals surface area contributed by atoms with Crippen LogP contribution in [-0.2, 0) is 4.79 Å². The molecule has 0 fully saturated rings. The highest BCUT2D eigenvalue weighted by molar-refractivity contribution is 5.78. The maximum atomic E-state index is 10.7. The minimum atomic E-state index is -0.971. The molecule has 1 rings (SSSR count). The molecule has 0 aliphatic carbocycles. The van der Waals surface area contributed by atoms with E-state index in [1.807, 2.05) is 6.92 Å². The lowest BCUT2D eigenvalue weighted by atomic mass is 9.97. The average Bonchev–Trinajstić information content (AvgIpc) is 2.16. The van der Waals surface area contributed by atoms with Gasteiger partial charge in [0.25, 0.3) is 0 Å². The van der Waals surface area contributed by atoms with Gasteiger partial charge >= 0.3 is 5.97 Å². The molecule has 0 saturated heterocycles. The number of rotatable bonds is 4. The van der Waals surface area contributed by atoms with E-state index < -0.39 is 12.0 Å². The Kier molecular flexibility index (Phi) is 3.57. The molecule has 0 radical (unpaired) electrons. The van der Waals surface area contributed by atoms with E-state index in [4.69, 9.17) is 10.8 Å². The number of carboxylic acid groups (broad SMARTS) is 1. The summed E-state index contributed by atoms with van der Waals surface area (Å²) in [5, 5.41) is 8.61. The van der Waals surface area contributed by atoms with Crippen molar-refractivity contribution < 1.29 is 14.7 Å². The number of benzene rings is 1. The molecule has 0 saturated carbocycles. The number of carbonyl (C=O) groups excluding carboxylic acids is 1. The normalized spacial score (nSPS) is 12.1. The summed E-state index contributed by atoms with van der Waals surface area (Å²) in [6.07, 6.45) is 0.515. The van der Waals surface area contributed by atoms with E-state index >= 15 is 0 Å². The van der Waals surface area contributed by atoms with Gasteiger partial charge in [0.2, 0.25) is 0 Å². The summed E-state index contributed by atoms with van der Waals surface area (Å²) in [5.74, 6) is -0.971. The topological polar surface area (TPSA) is 80.4 Å². The third kappa shape index (κ3) is 2.89. The highest BCUT2D eigenvalue weighted by Gasteiger charge is 2.14. The number of aldehydes is 1. The Morgan fingerprint density at radius 1 is 1.60 bits per heavy atom. The van der Waals surface area contributed by atoms with Crippen molar-refractivity contribution in [2.45, 2.75) is 19.4 Å². The van der Waals surface area contributed by atoms with Crippen LogP contribution in [-0.4, -0.2) is 17.4 Å². The SMILES string of the molecule is Cc1ccc(C=O)c(C(N)CC(=O)O)c1. The molecular formula is C11H13NO3. The van der Waals surface area contributed by atoms with Gasteiger partial charge in [-0.25, -0.2) is 0 Å². The van der Waals surface area contributed by atoms with E-state index in [0.29, 0.717) is 17.4 Å². The van der Waals surface area contributed by atoms with E-state index in [9.17, 15) is 9.59 Å². The Bertz CT molecular complexity index is 387. The largest absolute Gasteiger partial charge is 0.481 e. The van der Waals surface area contributed by atoms with E-state index in [2.05, 4.69) is 0 Å². The Balaban J connectivity index is 3.04. The number of hydrogen-bond acceptors (Lipinski definition) is 3. The van der Waals surface area contributed by atoms with Crippen molar-refractivity contribution >= 4 is 12.3 Å². The molecule has 1 unspecified atom stereocenters. The molecular weight excluding hydrogens is 194 g/mol. The summed E-state index contributed by atoms with van der Waals surface area (Å²) >= 11 is 0. The van der Waals surface area contributed by atoms with Gasteiger partial charge in [-0.05, 0) is 12.5 Å². The minimum Gasteiger partial charge on any atom is -0.481 e. The van der Waals surface area contributed by atoms with Gasteiger partial charge in [0.15, 0.2) is 0 Å². The van der Waals surface area contributed by atoms with Crippen LogP contribution < -0.4 is 5.73 Å². The van der Waals surface area contributed by atoms with Crippen molar-refractivity contribution in [1.29, 1.82) is 0 Å². The van der Waals surface area contributed by atoms with Crippen LogP contribution in [0.3, 0.4) is 0 Å². The average molecular weight is 207 g/mol. The number of carbonyl (C=O) groups is 2. The maximum Gasteiger partial charge on any atom is 0.305 e. The van der Waals surface area contributed by atoms with Crippen molar-refractivity contribution in [3.05, 3.63) is 34.9 Å². The highest BCUT2D eigenvalue weighted by Crippen LogP contribution is 2.19. The van der Waals surface area contributed by atoms with Gasteiger partial charge < -0.3 is 10.8 Å². The molecule has 15 heavy (non-hydrogen) atoms. The summed E-state index contributed by atoms with van der Waals surface area (Å²) in [5.41, 5.74) is 7.70. The first-order chi connectivity index (χ1) is 7.04. The van der Waals surface area contributed by atoms with E-state index in [1.165, 1.54) is 0 Å². The zero-order valence-electron chi connectivity index (χ0n) is 8.43. The van der Waals surface area contributed by atoms with Gasteiger partial charge in [-0.3, -0.25) is 9.59 Å². The van der Waals surface area contributed by atoms with Gasteiger partial charge in [-0.1, -0.05) is 23.8 Å². The lowest BCUT2D eigenvalue weighted by Crippen LogP contribution is -2.16. The smallest absolute Gasteiger partial charge is 0.305 e. The number of hydrogen-bond donors (Lipinski definition) is 2. The minimum absolute atomic E-state index is 0.176. The second kappa shape index (κ2) is 4.70. The van der Waals surface area contributed by atoms with Gasteiger partial charge in [-0.15, -0.1) is 0 Å². The Labute approximate surface area is 87.7 Å². The summed E-state index contributed by atoms with van der Waals surface area (Å²) in [4.78, 5) is 21.2. The van der Waals surface area contributed by atoms with Crippen LogP contribution in [0.4, 0.5) is 0 Å². The summed E-state index contributed by atoms with van der Waals surface area (Å²) in [6, 6.07) is 4.56. The summed E-state index contributed by atoms with van der Waals surface area (Å²) < 4.78 is 0. The molecule has 0 bridgehead atoms. The van der Waals surface area contributed by atoms with Gasteiger partial charge in [0.1, 0.15) is 6.29 Å². The molecule has 0 heterocycles. The van der Waals surface area contributed by atoms with Crippen LogP contribution in [0.5, 0.6) is 0 Å². The second-order valence-electron chi connectivity index (χ2n) is 3.45. The molecule has 4 nitrogen and oxygen atoms in total. The van der Waals surface area contributed by atoms with Crippen LogP contribution in [0.2, 0.25) is 0 Å². The second-order valence-corrected chi connectivity index (χ2v) is 3.45. The van der Waals surface area contributed by atoms with E-state index in [1.54, 1.807) is 18.2 Å². The van der Waals surface area contributed by atoms with E-state index in [-0.39, 0.29) is 6.42 Å². The van der Waals surface area contributed by atoms with Crippen molar-refractivity contribution in [1.82, 2.24) is 0 Å². The standard InChI is InChI=1S/C11H13NO3/c1-7-2-3-8(6-13)9(4-7)10(12)5-11(14)15/h2-4,6,10H,5,12H2,1H3,(H,14,15). The predicted octanol–water partition coefficient (Wildman–Crippen LogP) is 1.28. The fourth-order valence-corrected chi connectivity index (χ4v) is 1.42. The first-order valence-electron chi connectivity index (χ1n) is 4.57. The number of nitrogens with two attached hydrogens (primary N) is 1. The van der Waals surface area contributed by atoms with Crippen LogP contribution in [0, 0.1) is 6.92 Å². The number of aliphatic carboxylic acids is 1. The third-order valence-electron chi connectivity index (χ3n) is 2.16. The van der Waals surface area contributed by atoms with E-state index in [0.717, 1.165) is 5.56 Å². The summed E-state index contributed by atoms with van der Waals surface area (Å²) in [6.45, 7) is 1.87. The Morgan fingerprint density at radius 2 is 2.27 bits per heavy atom. The Morgan fingerprint density at radius 3 is 2.80 bits per heavy atom. The molecule has 3 N–H and O–H groups in total. The molecule has 0 aliphatic heterocycles. The van der Waals surface area contributed by atoms with Gasteiger partial charge in [0.05, 0.1) is 6.42 Å². The van der Waals surface area contributed by atoms with Crippen molar-refractivity contribution in [3.8, 4) is 0 Å². The molecule has 1 aromatic rings. The predicted molar refractivity (Wildman–Crippen MR) is 55.7 cm³/mol. The van der Waals surface area contributed by atoms with Gasteiger partial charge in [0, 0.05) is 11.6 Å². The monoisotopic (exact) mass is 207 g/mol. The number of aryl methyl sites for hydroxylation is 1. The fourth-order valence-electron chi connectivity index (χ4n) is 1.42. The van der Waals surface area contributed by atoms with Crippen LogP contribution >= 0.6 is 0 Å². The van der Waals surface area contributed by atoms with Crippen molar-refractivity contribution in [3.63, 3.8) is 0 Å². The maximum absolute atomic E-state index is 10.7. The first-order valence-corrected chi connectivity index (χ1v) is 4.57. The lowest BCUT2D eigenvalue weighted by Gasteiger charge is -2.12.